The van der Waals surface area contributed by atoms with E-state index >= 15 is 0 Å². The number of para-hydroxylation sites is 1. The van der Waals surface area contributed by atoms with Crippen molar-refractivity contribution in [2.24, 2.45) is 0 Å². The summed E-state index contributed by atoms with van der Waals surface area (Å²) < 4.78 is 4.64. The van der Waals surface area contributed by atoms with Crippen LogP contribution in [0.1, 0.15) is 6.92 Å². The molecule has 0 spiro atoms. The molecule has 1 aliphatic heterocycles. The van der Waals surface area contributed by atoms with Crippen LogP contribution in [-0.4, -0.2) is 62.8 Å². The van der Waals surface area contributed by atoms with Gasteiger partial charge in [-0.2, -0.15) is 5.10 Å². The first kappa shape index (κ1) is 22.7. The minimum absolute atomic E-state index is 0.0150. The number of carbonyl (C=O) groups is 1. The highest BCUT2D eigenvalue weighted by molar-refractivity contribution is 7.71. The Hall–Kier alpha value is -2.52. The fraction of sp³-hybridized carbons (Fsp3) is 0.348. The molecule has 0 saturated carbocycles. The molecule has 0 radical (unpaired) electrons. The molecule has 2 heterocycles. The van der Waals surface area contributed by atoms with Gasteiger partial charge in [-0.05, 0) is 55.5 Å². The summed E-state index contributed by atoms with van der Waals surface area (Å²) in [5.41, 5.74) is 1.82. The SMILES string of the molecule is CCn1c(-c2ccc(Cl)cc2)nn(CN2CCN(CC(=O)Nc3ccccc3)CC2)c1=S. The molecule has 1 saturated heterocycles. The molecule has 0 atom stereocenters. The summed E-state index contributed by atoms with van der Waals surface area (Å²) >= 11 is 11.7. The maximum absolute atomic E-state index is 12.3. The molecule has 0 unspecified atom stereocenters. The largest absolute Gasteiger partial charge is 0.325 e. The summed E-state index contributed by atoms with van der Waals surface area (Å²) in [4.78, 5) is 16.8. The van der Waals surface area contributed by atoms with E-state index in [9.17, 15) is 4.79 Å². The van der Waals surface area contributed by atoms with Gasteiger partial charge < -0.3 is 9.88 Å². The maximum atomic E-state index is 12.3. The molecule has 1 amide bonds. The number of benzene rings is 2. The predicted octanol–water partition coefficient (Wildman–Crippen LogP) is 3.97. The summed E-state index contributed by atoms with van der Waals surface area (Å²) in [5, 5.41) is 8.45. The first-order valence-electron chi connectivity index (χ1n) is 10.8. The third-order valence-electron chi connectivity index (χ3n) is 5.57. The van der Waals surface area contributed by atoms with Crippen LogP contribution in [0.3, 0.4) is 0 Å². The van der Waals surface area contributed by atoms with Crippen molar-refractivity contribution in [3.63, 3.8) is 0 Å². The number of nitrogens with one attached hydrogen (secondary N) is 1. The van der Waals surface area contributed by atoms with Gasteiger partial charge in [0.1, 0.15) is 0 Å². The molecule has 168 valence electrons. The number of nitrogens with zero attached hydrogens (tertiary/aromatic N) is 5. The van der Waals surface area contributed by atoms with Crippen LogP contribution < -0.4 is 5.32 Å². The molecule has 0 bridgehead atoms. The van der Waals surface area contributed by atoms with Crippen LogP contribution >= 0.6 is 23.8 Å². The lowest BCUT2D eigenvalue weighted by atomic mass is 10.2. The molecular formula is C23H27ClN6OS. The highest BCUT2D eigenvalue weighted by Gasteiger charge is 2.21. The van der Waals surface area contributed by atoms with Crippen LogP contribution in [0.15, 0.2) is 54.6 Å². The number of amides is 1. The van der Waals surface area contributed by atoms with Crippen molar-refractivity contribution < 1.29 is 4.79 Å². The van der Waals surface area contributed by atoms with E-state index in [1.807, 2.05) is 63.8 Å². The zero-order valence-electron chi connectivity index (χ0n) is 18.1. The van der Waals surface area contributed by atoms with E-state index in [-0.39, 0.29) is 5.91 Å². The van der Waals surface area contributed by atoms with Crippen LogP contribution in [0.4, 0.5) is 5.69 Å². The van der Waals surface area contributed by atoms with E-state index in [2.05, 4.69) is 22.0 Å². The van der Waals surface area contributed by atoms with Gasteiger partial charge in [-0.15, -0.1) is 0 Å². The Bertz CT molecular complexity index is 1100. The number of piperazine rings is 1. The first-order valence-corrected chi connectivity index (χ1v) is 11.6. The summed E-state index contributed by atoms with van der Waals surface area (Å²) in [5.74, 6) is 0.867. The average Bonchev–Trinajstić information content (AvgIpc) is 3.11. The molecule has 1 aromatic heterocycles. The molecule has 3 aromatic rings. The van der Waals surface area contributed by atoms with Crippen molar-refractivity contribution in [1.82, 2.24) is 24.1 Å². The Morgan fingerprint density at radius 3 is 2.34 bits per heavy atom. The topological polar surface area (TPSA) is 58.3 Å². The van der Waals surface area contributed by atoms with Crippen LogP contribution in [0.2, 0.25) is 5.02 Å². The molecule has 1 fully saturated rings. The van der Waals surface area contributed by atoms with Gasteiger partial charge in [-0.3, -0.25) is 14.6 Å². The molecule has 32 heavy (non-hydrogen) atoms. The van der Waals surface area contributed by atoms with Crippen LogP contribution in [0.25, 0.3) is 11.4 Å². The fourth-order valence-corrected chi connectivity index (χ4v) is 4.27. The number of rotatable bonds is 7. The zero-order valence-corrected chi connectivity index (χ0v) is 19.6. The molecule has 0 aliphatic carbocycles. The summed E-state index contributed by atoms with van der Waals surface area (Å²) in [6.07, 6.45) is 0. The Labute approximate surface area is 198 Å². The number of hydrogen-bond donors (Lipinski definition) is 1. The second-order valence-electron chi connectivity index (χ2n) is 7.81. The highest BCUT2D eigenvalue weighted by Crippen LogP contribution is 2.21. The molecular weight excluding hydrogens is 444 g/mol. The van der Waals surface area contributed by atoms with Gasteiger partial charge in [-0.25, -0.2) is 4.68 Å². The number of hydrogen-bond acceptors (Lipinski definition) is 5. The third-order valence-corrected chi connectivity index (χ3v) is 6.25. The second kappa shape index (κ2) is 10.4. The van der Waals surface area contributed by atoms with E-state index in [4.69, 9.17) is 28.9 Å². The summed E-state index contributed by atoms with van der Waals surface area (Å²) in [6.45, 7) is 7.22. The maximum Gasteiger partial charge on any atom is 0.238 e. The zero-order chi connectivity index (χ0) is 22.5. The normalized spacial score (nSPS) is 15.1. The fourth-order valence-electron chi connectivity index (χ4n) is 3.83. The van der Waals surface area contributed by atoms with Crippen molar-refractivity contribution in [3.8, 4) is 11.4 Å². The van der Waals surface area contributed by atoms with E-state index in [1.165, 1.54) is 0 Å². The molecule has 2 aromatic carbocycles. The van der Waals surface area contributed by atoms with Crippen LogP contribution in [0.5, 0.6) is 0 Å². The van der Waals surface area contributed by atoms with Gasteiger partial charge in [-0.1, -0.05) is 29.8 Å². The standard InChI is InChI=1S/C23H27ClN6OS/c1-2-29-22(18-8-10-19(24)11-9-18)26-30(23(29)32)17-28-14-12-27(13-15-28)16-21(31)25-20-6-4-3-5-7-20/h3-11H,2,12-17H2,1H3,(H,25,31). The highest BCUT2D eigenvalue weighted by atomic mass is 35.5. The average molecular weight is 471 g/mol. The van der Waals surface area contributed by atoms with Gasteiger partial charge in [0.25, 0.3) is 0 Å². The van der Waals surface area contributed by atoms with Crippen molar-refractivity contribution in [2.75, 3.05) is 38.0 Å². The molecule has 9 heteroatoms. The number of anilines is 1. The summed E-state index contributed by atoms with van der Waals surface area (Å²) in [7, 11) is 0. The van der Waals surface area contributed by atoms with Crippen LogP contribution in [0, 0.1) is 4.77 Å². The lowest BCUT2D eigenvalue weighted by Gasteiger charge is -2.33. The van der Waals surface area contributed by atoms with E-state index in [0.29, 0.717) is 23.0 Å². The first-order chi connectivity index (χ1) is 15.5. The molecule has 4 rings (SSSR count). The second-order valence-corrected chi connectivity index (χ2v) is 8.61. The minimum Gasteiger partial charge on any atom is -0.325 e. The van der Waals surface area contributed by atoms with Gasteiger partial charge in [0.05, 0.1) is 13.2 Å². The van der Waals surface area contributed by atoms with E-state index < -0.39 is 0 Å². The minimum atomic E-state index is 0.0150. The monoisotopic (exact) mass is 470 g/mol. The van der Waals surface area contributed by atoms with E-state index in [0.717, 1.165) is 49.8 Å². The van der Waals surface area contributed by atoms with Crippen molar-refractivity contribution in [1.29, 1.82) is 0 Å². The van der Waals surface area contributed by atoms with Gasteiger partial charge in [0.15, 0.2) is 10.6 Å². The van der Waals surface area contributed by atoms with E-state index in [1.54, 1.807) is 0 Å². The smallest absolute Gasteiger partial charge is 0.238 e. The Balaban J connectivity index is 1.34. The molecule has 1 N–H and O–H groups in total. The van der Waals surface area contributed by atoms with Crippen molar-refractivity contribution in [2.45, 2.75) is 20.1 Å². The Morgan fingerprint density at radius 1 is 1.03 bits per heavy atom. The lowest BCUT2D eigenvalue weighted by molar-refractivity contribution is -0.117. The number of aromatic nitrogens is 3. The third kappa shape index (κ3) is 5.45. The lowest BCUT2D eigenvalue weighted by Crippen LogP contribution is -2.49. The van der Waals surface area contributed by atoms with Gasteiger partial charge in [0, 0.05) is 49.0 Å². The van der Waals surface area contributed by atoms with Gasteiger partial charge in [0.2, 0.25) is 5.91 Å². The van der Waals surface area contributed by atoms with Crippen molar-refractivity contribution >= 4 is 35.4 Å². The quantitative estimate of drug-likeness (QED) is 0.529. The Morgan fingerprint density at radius 2 is 1.69 bits per heavy atom. The van der Waals surface area contributed by atoms with Crippen LogP contribution in [-0.2, 0) is 18.0 Å². The molecule has 1 aliphatic rings. The molecule has 7 nitrogen and oxygen atoms in total. The number of carbonyl (C=O) groups excluding carboxylic acids is 1. The van der Waals surface area contributed by atoms with Crippen molar-refractivity contribution in [3.05, 3.63) is 64.4 Å². The number of halogens is 1. The summed E-state index contributed by atoms with van der Waals surface area (Å²) in [6, 6.07) is 17.2. The van der Waals surface area contributed by atoms with Gasteiger partial charge >= 0.3 is 0 Å². The Kier molecular flexibility index (Phi) is 7.36. The predicted molar refractivity (Wildman–Crippen MR) is 130 cm³/mol.